The summed E-state index contributed by atoms with van der Waals surface area (Å²) in [4.78, 5) is 2.10. The largest absolute Gasteiger partial charge is 0.496 e. The Balaban J connectivity index is 2.74. The number of benzene rings is 1. The van der Waals surface area contributed by atoms with Crippen molar-refractivity contribution in [3.05, 3.63) is 23.8 Å². The van der Waals surface area contributed by atoms with Gasteiger partial charge in [0, 0.05) is 38.0 Å². The van der Waals surface area contributed by atoms with Crippen LogP contribution in [0.1, 0.15) is 5.56 Å². The number of rotatable bonds is 8. The van der Waals surface area contributed by atoms with Crippen molar-refractivity contribution in [1.82, 2.24) is 4.90 Å². The van der Waals surface area contributed by atoms with Gasteiger partial charge in [-0.05, 0) is 18.2 Å². The summed E-state index contributed by atoms with van der Waals surface area (Å²) in [5, 5.41) is 9.06. The highest BCUT2D eigenvalue weighted by Crippen LogP contribution is 2.22. The van der Waals surface area contributed by atoms with Crippen LogP contribution >= 0.6 is 0 Å². The van der Waals surface area contributed by atoms with E-state index in [-0.39, 0.29) is 6.61 Å². The molecule has 0 unspecified atom stereocenters. The summed E-state index contributed by atoms with van der Waals surface area (Å²) in [5.41, 5.74) is 7.51. The Morgan fingerprint density at radius 3 is 2.67 bits per heavy atom. The number of aliphatic hydroxyl groups is 1. The van der Waals surface area contributed by atoms with Crippen LogP contribution in [0, 0.1) is 0 Å². The SMILES string of the molecule is COCCN(CCO)Cc1cc(N)ccc1OC. The molecule has 0 spiro atoms. The van der Waals surface area contributed by atoms with Crippen molar-refractivity contribution in [1.29, 1.82) is 0 Å². The zero-order valence-corrected chi connectivity index (χ0v) is 11.1. The van der Waals surface area contributed by atoms with E-state index in [0.29, 0.717) is 25.4 Å². The topological polar surface area (TPSA) is 68.0 Å². The van der Waals surface area contributed by atoms with E-state index in [1.165, 1.54) is 0 Å². The predicted octanol–water partition coefficient (Wildman–Crippen LogP) is 0.718. The van der Waals surface area contributed by atoms with Crippen molar-refractivity contribution in [2.24, 2.45) is 0 Å². The van der Waals surface area contributed by atoms with E-state index in [1.807, 2.05) is 18.2 Å². The second-order valence-corrected chi connectivity index (χ2v) is 4.06. The third kappa shape index (κ3) is 4.52. The Morgan fingerprint density at radius 2 is 2.06 bits per heavy atom. The number of aliphatic hydroxyl groups excluding tert-OH is 1. The molecule has 0 aliphatic rings. The zero-order valence-electron chi connectivity index (χ0n) is 11.1. The summed E-state index contributed by atoms with van der Waals surface area (Å²) in [7, 11) is 3.30. The molecule has 1 rings (SSSR count). The molecule has 18 heavy (non-hydrogen) atoms. The normalized spacial score (nSPS) is 10.9. The summed E-state index contributed by atoms with van der Waals surface area (Å²) in [6.07, 6.45) is 0. The minimum absolute atomic E-state index is 0.119. The minimum atomic E-state index is 0.119. The third-order valence-corrected chi connectivity index (χ3v) is 2.73. The van der Waals surface area contributed by atoms with Crippen molar-refractivity contribution in [2.75, 3.05) is 46.3 Å². The van der Waals surface area contributed by atoms with Gasteiger partial charge in [-0.1, -0.05) is 0 Å². The van der Waals surface area contributed by atoms with Crippen LogP contribution in [-0.4, -0.2) is 50.5 Å². The molecule has 0 aliphatic carbocycles. The van der Waals surface area contributed by atoms with Crippen LogP contribution < -0.4 is 10.5 Å². The zero-order chi connectivity index (χ0) is 13.4. The number of anilines is 1. The molecule has 1 aromatic carbocycles. The van der Waals surface area contributed by atoms with Gasteiger partial charge in [-0.15, -0.1) is 0 Å². The molecule has 102 valence electrons. The Kier molecular flexibility index (Phi) is 6.49. The highest BCUT2D eigenvalue weighted by Gasteiger charge is 2.09. The molecule has 0 aliphatic heterocycles. The molecule has 0 heterocycles. The van der Waals surface area contributed by atoms with Crippen LogP contribution in [0.4, 0.5) is 5.69 Å². The molecule has 0 saturated carbocycles. The van der Waals surface area contributed by atoms with Crippen molar-refractivity contribution in [2.45, 2.75) is 6.54 Å². The highest BCUT2D eigenvalue weighted by atomic mass is 16.5. The van der Waals surface area contributed by atoms with Crippen molar-refractivity contribution in [3.8, 4) is 5.75 Å². The number of hydrogen-bond donors (Lipinski definition) is 2. The number of ether oxygens (including phenoxy) is 2. The lowest BCUT2D eigenvalue weighted by atomic mass is 10.1. The van der Waals surface area contributed by atoms with Gasteiger partial charge >= 0.3 is 0 Å². The molecular weight excluding hydrogens is 232 g/mol. The van der Waals surface area contributed by atoms with E-state index in [9.17, 15) is 0 Å². The minimum Gasteiger partial charge on any atom is -0.496 e. The number of nitrogens with two attached hydrogens (primary N) is 1. The van der Waals surface area contributed by atoms with Gasteiger partial charge in [0.05, 0.1) is 20.3 Å². The quantitative estimate of drug-likeness (QED) is 0.669. The van der Waals surface area contributed by atoms with Crippen molar-refractivity contribution in [3.63, 3.8) is 0 Å². The maximum absolute atomic E-state index is 9.06. The van der Waals surface area contributed by atoms with Crippen molar-refractivity contribution >= 4 is 5.69 Å². The van der Waals surface area contributed by atoms with Crippen molar-refractivity contribution < 1.29 is 14.6 Å². The standard InChI is InChI=1S/C13H22N2O3/c1-17-8-6-15(5-7-16)10-11-9-12(14)3-4-13(11)18-2/h3-4,9,16H,5-8,10,14H2,1-2H3. The Labute approximate surface area is 108 Å². The fourth-order valence-corrected chi connectivity index (χ4v) is 1.79. The molecule has 0 amide bonds. The average molecular weight is 254 g/mol. The molecule has 0 aromatic heterocycles. The van der Waals surface area contributed by atoms with Crippen LogP contribution in [0.3, 0.4) is 0 Å². The van der Waals surface area contributed by atoms with Gasteiger partial charge in [-0.2, -0.15) is 0 Å². The van der Waals surface area contributed by atoms with Crippen LogP contribution in [0.5, 0.6) is 5.75 Å². The maximum Gasteiger partial charge on any atom is 0.123 e. The lowest BCUT2D eigenvalue weighted by molar-refractivity contribution is 0.126. The summed E-state index contributed by atoms with van der Waals surface area (Å²) in [5.74, 6) is 0.810. The molecule has 0 atom stereocenters. The van der Waals surface area contributed by atoms with Crippen LogP contribution in [-0.2, 0) is 11.3 Å². The first-order valence-corrected chi connectivity index (χ1v) is 5.95. The van der Waals surface area contributed by atoms with E-state index in [1.54, 1.807) is 14.2 Å². The molecule has 0 bridgehead atoms. The second kappa shape index (κ2) is 7.92. The fourth-order valence-electron chi connectivity index (χ4n) is 1.79. The van der Waals surface area contributed by atoms with E-state index >= 15 is 0 Å². The second-order valence-electron chi connectivity index (χ2n) is 4.06. The van der Waals surface area contributed by atoms with Gasteiger partial charge in [0.1, 0.15) is 5.75 Å². The van der Waals surface area contributed by atoms with Crippen LogP contribution in [0.2, 0.25) is 0 Å². The van der Waals surface area contributed by atoms with E-state index in [2.05, 4.69) is 4.90 Å². The Hall–Kier alpha value is -1.30. The number of hydrogen-bond acceptors (Lipinski definition) is 5. The fraction of sp³-hybridized carbons (Fsp3) is 0.538. The highest BCUT2D eigenvalue weighted by molar-refractivity contribution is 5.47. The lowest BCUT2D eigenvalue weighted by Crippen LogP contribution is -2.30. The molecule has 0 saturated heterocycles. The predicted molar refractivity (Wildman–Crippen MR) is 71.6 cm³/mol. The van der Waals surface area contributed by atoms with Gasteiger partial charge in [0.25, 0.3) is 0 Å². The number of nitrogen functional groups attached to an aromatic ring is 1. The Bertz CT molecular complexity index is 358. The monoisotopic (exact) mass is 254 g/mol. The smallest absolute Gasteiger partial charge is 0.123 e. The third-order valence-electron chi connectivity index (χ3n) is 2.73. The lowest BCUT2D eigenvalue weighted by Gasteiger charge is -2.22. The van der Waals surface area contributed by atoms with E-state index in [0.717, 1.165) is 17.9 Å². The first-order valence-electron chi connectivity index (χ1n) is 5.95. The van der Waals surface area contributed by atoms with Crippen LogP contribution in [0.15, 0.2) is 18.2 Å². The molecule has 0 fully saturated rings. The molecule has 5 nitrogen and oxygen atoms in total. The molecular formula is C13H22N2O3. The van der Waals surface area contributed by atoms with Gasteiger partial charge in [0.2, 0.25) is 0 Å². The summed E-state index contributed by atoms with van der Waals surface area (Å²) in [6.45, 7) is 2.79. The first-order chi connectivity index (χ1) is 8.71. The summed E-state index contributed by atoms with van der Waals surface area (Å²) in [6, 6.07) is 5.57. The van der Waals surface area contributed by atoms with Gasteiger partial charge < -0.3 is 20.3 Å². The molecule has 1 aromatic rings. The maximum atomic E-state index is 9.06. The average Bonchev–Trinajstić information content (AvgIpc) is 2.36. The van der Waals surface area contributed by atoms with Gasteiger partial charge in [-0.3, -0.25) is 4.90 Å². The van der Waals surface area contributed by atoms with E-state index < -0.39 is 0 Å². The number of methoxy groups -OCH3 is 2. The van der Waals surface area contributed by atoms with Gasteiger partial charge in [0.15, 0.2) is 0 Å². The molecule has 0 radical (unpaired) electrons. The van der Waals surface area contributed by atoms with Gasteiger partial charge in [-0.25, -0.2) is 0 Å². The summed E-state index contributed by atoms with van der Waals surface area (Å²) < 4.78 is 10.4. The Morgan fingerprint density at radius 1 is 1.28 bits per heavy atom. The molecule has 3 N–H and O–H groups in total. The van der Waals surface area contributed by atoms with Crippen LogP contribution in [0.25, 0.3) is 0 Å². The molecule has 5 heteroatoms. The first kappa shape index (κ1) is 14.8. The summed E-state index contributed by atoms with van der Waals surface area (Å²) >= 11 is 0. The van der Waals surface area contributed by atoms with E-state index in [4.69, 9.17) is 20.3 Å². The number of nitrogens with zero attached hydrogens (tertiary/aromatic N) is 1.